The Balaban J connectivity index is 2.39. The number of nitrogens with two attached hydrogens (primary N) is 2. The van der Waals surface area contributed by atoms with Gasteiger partial charge in [0.2, 0.25) is 0 Å². The Morgan fingerprint density at radius 2 is 1.06 bits per heavy atom. The van der Waals surface area contributed by atoms with Crippen LogP contribution in [-0.4, -0.2) is 5.12 Å². The Morgan fingerprint density at radius 1 is 0.722 bits per heavy atom. The third-order valence-electron chi connectivity index (χ3n) is 3.08. The van der Waals surface area contributed by atoms with E-state index in [2.05, 4.69) is 62.4 Å². The van der Waals surface area contributed by atoms with E-state index >= 15 is 0 Å². The van der Waals surface area contributed by atoms with Crippen LogP contribution in [0.5, 0.6) is 0 Å². The van der Waals surface area contributed by atoms with E-state index in [-0.39, 0.29) is 6.04 Å². The first kappa shape index (κ1) is 12.8. The Hall–Kier alpha value is -1.68. The molecule has 18 heavy (non-hydrogen) atoms. The molecule has 0 heterocycles. The van der Waals surface area contributed by atoms with E-state index < -0.39 is 0 Å². The molecule has 94 valence electrons. The maximum absolute atomic E-state index is 5.79. The largest absolute Gasteiger partial charge is 0.254 e. The zero-order chi connectivity index (χ0) is 13.1. The lowest BCUT2D eigenvalue weighted by Gasteiger charge is -2.24. The highest BCUT2D eigenvalue weighted by Crippen LogP contribution is 2.25. The summed E-state index contributed by atoms with van der Waals surface area (Å²) in [6.07, 6.45) is 0. The summed E-state index contributed by atoms with van der Waals surface area (Å²) in [6, 6.07) is 16.4. The molecular weight excluding hydrogens is 222 g/mol. The molecule has 3 heteroatoms. The van der Waals surface area contributed by atoms with Gasteiger partial charge in [0, 0.05) is 0 Å². The van der Waals surface area contributed by atoms with Crippen molar-refractivity contribution >= 4 is 0 Å². The van der Waals surface area contributed by atoms with E-state index in [1.165, 1.54) is 16.2 Å². The van der Waals surface area contributed by atoms with E-state index in [1.807, 2.05) is 0 Å². The monoisotopic (exact) mass is 241 g/mol. The van der Waals surface area contributed by atoms with Crippen LogP contribution in [0, 0.1) is 13.8 Å². The van der Waals surface area contributed by atoms with Crippen molar-refractivity contribution in [2.45, 2.75) is 19.9 Å². The molecule has 0 bridgehead atoms. The average molecular weight is 241 g/mol. The Morgan fingerprint density at radius 3 is 1.33 bits per heavy atom. The molecule has 0 unspecified atom stereocenters. The number of rotatable bonds is 3. The van der Waals surface area contributed by atoms with Crippen molar-refractivity contribution in [1.29, 1.82) is 0 Å². The molecule has 4 N–H and O–H groups in total. The molecule has 2 aromatic carbocycles. The summed E-state index contributed by atoms with van der Waals surface area (Å²) >= 11 is 0. The number of hydrogen-bond acceptors (Lipinski definition) is 3. The Labute approximate surface area is 108 Å². The summed E-state index contributed by atoms with van der Waals surface area (Å²) in [5.41, 5.74) is 4.63. The van der Waals surface area contributed by atoms with Crippen molar-refractivity contribution in [3.05, 3.63) is 70.8 Å². The number of benzene rings is 2. The van der Waals surface area contributed by atoms with Gasteiger partial charge in [-0.25, -0.2) is 0 Å². The fraction of sp³-hybridized carbons (Fsp3) is 0.200. The molecule has 0 fully saturated rings. The SMILES string of the molecule is Cc1ccc(C(c2ccc(C)cc2)N(N)N)cc1. The first-order valence-electron chi connectivity index (χ1n) is 5.99. The van der Waals surface area contributed by atoms with Crippen LogP contribution < -0.4 is 11.7 Å². The van der Waals surface area contributed by atoms with Gasteiger partial charge in [-0.2, -0.15) is 5.12 Å². The van der Waals surface area contributed by atoms with Gasteiger partial charge in [-0.1, -0.05) is 59.7 Å². The van der Waals surface area contributed by atoms with Crippen molar-refractivity contribution in [3.63, 3.8) is 0 Å². The van der Waals surface area contributed by atoms with Crippen LogP contribution >= 0.6 is 0 Å². The topological polar surface area (TPSA) is 55.3 Å². The van der Waals surface area contributed by atoms with E-state index in [4.69, 9.17) is 11.7 Å². The third-order valence-corrected chi connectivity index (χ3v) is 3.08. The fourth-order valence-corrected chi connectivity index (χ4v) is 2.03. The van der Waals surface area contributed by atoms with Gasteiger partial charge in [0.1, 0.15) is 0 Å². The number of nitrogens with zero attached hydrogens (tertiary/aromatic N) is 1. The maximum Gasteiger partial charge on any atom is 0.0894 e. The highest BCUT2D eigenvalue weighted by Gasteiger charge is 2.17. The Bertz CT molecular complexity index is 455. The van der Waals surface area contributed by atoms with Crippen molar-refractivity contribution in [2.75, 3.05) is 0 Å². The molecule has 0 aliphatic heterocycles. The fourth-order valence-electron chi connectivity index (χ4n) is 2.03. The lowest BCUT2D eigenvalue weighted by atomic mass is 9.97. The first-order chi connectivity index (χ1) is 8.58. The van der Waals surface area contributed by atoms with E-state index in [0.29, 0.717) is 0 Å². The number of aryl methyl sites for hydroxylation is 2. The molecule has 0 aliphatic carbocycles. The molecule has 0 amide bonds. The average Bonchev–Trinajstić information content (AvgIpc) is 2.34. The summed E-state index contributed by atoms with van der Waals surface area (Å²) in [6.45, 7) is 4.13. The molecule has 0 atom stereocenters. The second-order valence-corrected chi connectivity index (χ2v) is 4.67. The first-order valence-corrected chi connectivity index (χ1v) is 5.99. The van der Waals surface area contributed by atoms with E-state index in [1.54, 1.807) is 0 Å². The van der Waals surface area contributed by atoms with Crippen molar-refractivity contribution < 1.29 is 0 Å². The number of hydrazine groups is 2. The maximum atomic E-state index is 5.79. The summed E-state index contributed by atoms with van der Waals surface area (Å²) in [5.74, 6) is 11.6. The van der Waals surface area contributed by atoms with Crippen LogP contribution in [0.1, 0.15) is 28.3 Å². The predicted molar refractivity (Wildman–Crippen MR) is 74.4 cm³/mol. The lowest BCUT2D eigenvalue weighted by Crippen LogP contribution is -2.41. The summed E-state index contributed by atoms with van der Waals surface area (Å²) in [4.78, 5) is 0. The minimum Gasteiger partial charge on any atom is -0.254 e. The highest BCUT2D eigenvalue weighted by atomic mass is 15.6. The number of hydrogen-bond donors (Lipinski definition) is 2. The zero-order valence-corrected chi connectivity index (χ0v) is 10.8. The molecule has 3 nitrogen and oxygen atoms in total. The summed E-state index contributed by atoms with van der Waals surface area (Å²) in [5, 5.41) is 1.26. The van der Waals surface area contributed by atoms with Crippen LogP contribution in [0.25, 0.3) is 0 Å². The normalized spacial score (nSPS) is 11.2. The standard InChI is InChI=1S/C15H19N3/c1-11-3-7-13(8-4-11)15(18(16)17)14-9-5-12(2)6-10-14/h3-10,15H,16-17H2,1-2H3. The van der Waals surface area contributed by atoms with Crippen LogP contribution in [-0.2, 0) is 0 Å². The lowest BCUT2D eigenvalue weighted by molar-refractivity contribution is 0.239. The summed E-state index contributed by atoms with van der Waals surface area (Å²) < 4.78 is 0. The van der Waals surface area contributed by atoms with Crippen LogP contribution in [0.3, 0.4) is 0 Å². The van der Waals surface area contributed by atoms with Gasteiger partial charge in [0.05, 0.1) is 6.04 Å². The molecule has 0 radical (unpaired) electrons. The summed E-state index contributed by atoms with van der Waals surface area (Å²) in [7, 11) is 0. The van der Waals surface area contributed by atoms with Gasteiger partial charge in [-0.05, 0) is 25.0 Å². The van der Waals surface area contributed by atoms with Crippen molar-refractivity contribution in [1.82, 2.24) is 5.12 Å². The highest BCUT2D eigenvalue weighted by molar-refractivity contribution is 5.34. The molecule has 0 saturated carbocycles. The van der Waals surface area contributed by atoms with Crippen molar-refractivity contribution in [2.24, 2.45) is 11.7 Å². The second kappa shape index (κ2) is 5.31. The predicted octanol–water partition coefficient (Wildman–Crippen LogP) is 2.44. The minimum atomic E-state index is -0.119. The van der Waals surface area contributed by atoms with Gasteiger partial charge in [0.25, 0.3) is 0 Å². The van der Waals surface area contributed by atoms with Crippen LogP contribution in [0.15, 0.2) is 48.5 Å². The molecular formula is C15H19N3. The van der Waals surface area contributed by atoms with Gasteiger partial charge in [0.15, 0.2) is 0 Å². The van der Waals surface area contributed by atoms with Crippen LogP contribution in [0.4, 0.5) is 0 Å². The van der Waals surface area contributed by atoms with Gasteiger partial charge >= 0.3 is 0 Å². The van der Waals surface area contributed by atoms with Gasteiger partial charge < -0.3 is 0 Å². The third kappa shape index (κ3) is 2.76. The Kier molecular flexibility index (Phi) is 3.77. The van der Waals surface area contributed by atoms with Gasteiger partial charge in [-0.3, -0.25) is 11.7 Å². The molecule has 0 spiro atoms. The van der Waals surface area contributed by atoms with Gasteiger partial charge in [-0.15, -0.1) is 0 Å². The van der Waals surface area contributed by atoms with Crippen molar-refractivity contribution in [3.8, 4) is 0 Å². The van der Waals surface area contributed by atoms with Crippen LogP contribution in [0.2, 0.25) is 0 Å². The minimum absolute atomic E-state index is 0.119. The smallest absolute Gasteiger partial charge is 0.0894 e. The zero-order valence-electron chi connectivity index (χ0n) is 10.8. The van der Waals surface area contributed by atoms with E-state index in [0.717, 1.165) is 11.1 Å². The molecule has 0 aromatic heterocycles. The van der Waals surface area contributed by atoms with E-state index in [9.17, 15) is 0 Å². The second-order valence-electron chi connectivity index (χ2n) is 4.67. The molecule has 0 aliphatic rings. The molecule has 2 aromatic rings. The molecule has 2 rings (SSSR count). The quantitative estimate of drug-likeness (QED) is 0.641. The molecule has 0 saturated heterocycles.